The number of quaternary nitrogens is 1. The largest absolute Gasteiger partial charge is 0.351 e. The van der Waals surface area contributed by atoms with E-state index < -0.39 is 0 Å². The van der Waals surface area contributed by atoms with E-state index >= 15 is 0 Å². The minimum atomic E-state index is 0.0558. The van der Waals surface area contributed by atoms with Gasteiger partial charge in [-0.05, 0) is 25.8 Å². The minimum absolute atomic E-state index is 0.0558. The van der Waals surface area contributed by atoms with Crippen molar-refractivity contribution in [3.8, 4) is 0 Å². The Morgan fingerprint density at radius 2 is 1.35 bits per heavy atom. The van der Waals surface area contributed by atoms with Crippen molar-refractivity contribution in [3.05, 3.63) is 12.2 Å². The van der Waals surface area contributed by atoms with Gasteiger partial charge in [0.15, 0.2) is 0 Å². The van der Waals surface area contributed by atoms with Crippen LogP contribution in [0.3, 0.4) is 0 Å². The normalized spacial score (nSPS) is 19.9. The number of aliphatic imine (C=N–C) groups is 1. The third kappa shape index (κ3) is 15.0. The molecule has 0 saturated carbocycles. The summed E-state index contributed by atoms with van der Waals surface area (Å²) in [6, 6.07) is 0. The fourth-order valence-corrected chi connectivity index (χ4v) is 5.16. The summed E-state index contributed by atoms with van der Waals surface area (Å²) in [4.78, 5) is 15.9. The maximum Gasteiger partial charge on any atom is 0.217 e. The first-order valence-corrected chi connectivity index (χ1v) is 14.9. The highest BCUT2D eigenvalue weighted by atomic mass is 16.1. The van der Waals surface area contributed by atoms with Gasteiger partial charge in [-0.3, -0.25) is 9.28 Å². The van der Waals surface area contributed by atoms with Crippen LogP contribution in [0.15, 0.2) is 17.1 Å². The second-order valence-corrected chi connectivity index (χ2v) is 10.5. The van der Waals surface area contributed by atoms with E-state index in [4.69, 9.17) is 4.99 Å². The number of carbonyl (C=O) groups excluding carboxylic acids is 1. The van der Waals surface area contributed by atoms with Crippen LogP contribution in [-0.4, -0.2) is 48.9 Å². The molecule has 0 bridgehead atoms. The molecule has 1 aliphatic heterocycles. The molecule has 1 N–H and O–H groups in total. The first kappa shape index (κ1) is 30.9. The molecular weight excluding hydrogens is 418 g/mol. The van der Waals surface area contributed by atoms with Crippen LogP contribution in [0.2, 0.25) is 0 Å². The average Bonchev–Trinajstić information content (AvgIpc) is 3.23. The van der Waals surface area contributed by atoms with Crippen molar-refractivity contribution in [2.24, 2.45) is 4.99 Å². The molecule has 0 fully saturated rings. The Morgan fingerprint density at radius 3 is 1.82 bits per heavy atom. The Hall–Kier alpha value is -1.16. The molecule has 4 heteroatoms. The molecule has 1 aliphatic rings. The summed E-state index contributed by atoms with van der Waals surface area (Å²) in [5.41, 5.74) is 0. The molecule has 0 spiro atoms. The number of hydrogen-bond acceptors (Lipinski definition) is 2. The Morgan fingerprint density at radius 1 is 0.853 bits per heavy atom. The highest BCUT2D eigenvalue weighted by Crippen LogP contribution is 2.20. The highest BCUT2D eigenvalue weighted by molar-refractivity contribution is 5.72. The monoisotopic (exact) mass is 476 g/mol. The smallest absolute Gasteiger partial charge is 0.217 e. The summed E-state index contributed by atoms with van der Waals surface area (Å²) in [6.07, 6.45) is 32.3. The molecule has 0 radical (unpaired) electrons. The molecule has 2 unspecified atom stereocenters. The minimum Gasteiger partial charge on any atom is -0.351 e. The van der Waals surface area contributed by atoms with Gasteiger partial charge in [0.2, 0.25) is 12.1 Å². The second kappa shape index (κ2) is 21.1. The summed E-state index contributed by atoms with van der Waals surface area (Å²) >= 11 is 0. The number of nitrogens with one attached hydrogen (secondary N) is 1. The maximum atomic E-state index is 11.2. The Labute approximate surface area is 212 Å². The quantitative estimate of drug-likeness (QED) is 0.0906. The predicted octanol–water partition coefficient (Wildman–Crippen LogP) is 7.97. The highest BCUT2D eigenvalue weighted by Gasteiger charge is 2.35. The van der Waals surface area contributed by atoms with Crippen molar-refractivity contribution in [2.75, 3.05) is 26.2 Å². The third-order valence-corrected chi connectivity index (χ3v) is 7.61. The van der Waals surface area contributed by atoms with E-state index in [0.29, 0.717) is 0 Å². The van der Waals surface area contributed by atoms with Crippen LogP contribution in [0, 0.1) is 0 Å². The lowest BCUT2D eigenvalue weighted by Crippen LogP contribution is -2.54. The van der Waals surface area contributed by atoms with Crippen LogP contribution in [-0.2, 0) is 4.79 Å². The summed E-state index contributed by atoms with van der Waals surface area (Å²) in [5, 5.41) is 2.95. The van der Waals surface area contributed by atoms with Crippen molar-refractivity contribution in [2.45, 2.75) is 143 Å². The molecule has 2 atom stereocenters. The third-order valence-electron chi connectivity index (χ3n) is 7.61. The molecule has 1 heterocycles. The van der Waals surface area contributed by atoms with E-state index in [1.807, 2.05) is 0 Å². The Balaban J connectivity index is 1.93. The SMILES string of the molecule is CCCCCCCCCCCCCCCCCCC/C=C/C1N=CC[N+]1(CC)CCNC(C)=O. The molecule has 0 aliphatic carbocycles. The van der Waals surface area contributed by atoms with Gasteiger partial charge in [0.05, 0.1) is 25.8 Å². The van der Waals surface area contributed by atoms with Crippen LogP contribution < -0.4 is 5.32 Å². The predicted molar refractivity (Wildman–Crippen MR) is 149 cm³/mol. The summed E-state index contributed by atoms with van der Waals surface area (Å²) in [6.45, 7) is 9.83. The maximum absolute atomic E-state index is 11.2. The lowest BCUT2D eigenvalue weighted by Gasteiger charge is -2.36. The zero-order valence-electron chi connectivity index (χ0n) is 23.2. The van der Waals surface area contributed by atoms with Crippen molar-refractivity contribution < 1.29 is 9.28 Å². The molecule has 4 nitrogen and oxygen atoms in total. The molecule has 0 aromatic heterocycles. The van der Waals surface area contributed by atoms with Gasteiger partial charge in [-0.15, -0.1) is 0 Å². The number of carbonyl (C=O) groups is 1. The number of hydrogen-bond donors (Lipinski definition) is 1. The van der Waals surface area contributed by atoms with Crippen molar-refractivity contribution in [3.63, 3.8) is 0 Å². The van der Waals surface area contributed by atoms with Crippen LogP contribution in [0.1, 0.15) is 136 Å². The van der Waals surface area contributed by atoms with Crippen molar-refractivity contribution in [1.29, 1.82) is 0 Å². The van der Waals surface area contributed by atoms with E-state index in [9.17, 15) is 4.79 Å². The zero-order chi connectivity index (χ0) is 24.7. The number of amides is 1. The fourth-order valence-electron chi connectivity index (χ4n) is 5.16. The Kier molecular flexibility index (Phi) is 19.2. The number of rotatable bonds is 23. The first-order chi connectivity index (χ1) is 16.6. The Bertz CT molecular complexity index is 545. The van der Waals surface area contributed by atoms with Gasteiger partial charge < -0.3 is 5.32 Å². The van der Waals surface area contributed by atoms with Gasteiger partial charge in [-0.2, -0.15) is 0 Å². The molecular formula is C30H58N3O+. The summed E-state index contributed by atoms with van der Waals surface area (Å²) in [7, 11) is 0. The molecule has 1 amide bonds. The van der Waals surface area contributed by atoms with Gasteiger partial charge in [0, 0.05) is 6.92 Å². The molecule has 0 aromatic rings. The second-order valence-electron chi connectivity index (χ2n) is 10.5. The lowest BCUT2D eigenvalue weighted by atomic mass is 10.0. The van der Waals surface area contributed by atoms with E-state index in [-0.39, 0.29) is 12.1 Å². The van der Waals surface area contributed by atoms with Crippen LogP contribution in [0.5, 0.6) is 0 Å². The van der Waals surface area contributed by atoms with Crippen LogP contribution in [0.25, 0.3) is 0 Å². The standard InChI is InChI=1S/C30H57N3O/c1-4-6-7-8-9-10-11-12-13-14-15-16-17-18-19-20-21-22-23-24-30-32-26-28-33(30,5-2)27-25-31-29(3)34/h23-24,26,30H,4-22,25,27-28H2,1-3H3/p+1/b24-23+. The fraction of sp³-hybridized carbons (Fsp3) is 0.867. The number of allylic oxidation sites excluding steroid dienone is 1. The summed E-state index contributed by atoms with van der Waals surface area (Å²) in [5.74, 6) is 0.0558. The zero-order valence-corrected chi connectivity index (χ0v) is 23.2. The van der Waals surface area contributed by atoms with Gasteiger partial charge >= 0.3 is 0 Å². The molecule has 0 saturated heterocycles. The first-order valence-electron chi connectivity index (χ1n) is 14.9. The number of unbranched alkanes of at least 4 members (excludes halogenated alkanes) is 17. The molecule has 34 heavy (non-hydrogen) atoms. The van der Waals surface area contributed by atoms with Crippen LogP contribution in [0.4, 0.5) is 0 Å². The molecule has 0 aromatic carbocycles. The summed E-state index contributed by atoms with van der Waals surface area (Å²) < 4.78 is 0.940. The topological polar surface area (TPSA) is 41.5 Å². The lowest BCUT2D eigenvalue weighted by molar-refractivity contribution is -0.928. The van der Waals surface area contributed by atoms with Gasteiger partial charge in [-0.25, -0.2) is 4.99 Å². The van der Waals surface area contributed by atoms with Crippen molar-refractivity contribution in [1.82, 2.24) is 5.32 Å². The van der Waals surface area contributed by atoms with Crippen LogP contribution >= 0.6 is 0 Å². The van der Waals surface area contributed by atoms with Gasteiger partial charge in [0.1, 0.15) is 6.54 Å². The number of likely N-dealkylation sites (N-methyl/N-ethyl adjacent to an activating group) is 1. The number of nitrogens with zero attached hydrogens (tertiary/aromatic N) is 2. The van der Waals surface area contributed by atoms with E-state index in [2.05, 4.69) is 37.5 Å². The molecule has 1 rings (SSSR count). The van der Waals surface area contributed by atoms with E-state index in [0.717, 1.165) is 30.7 Å². The average molecular weight is 477 g/mol. The van der Waals surface area contributed by atoms with Gasteiger partial charge in [0.25, 0.3) is 0 Å². The van der Waals surface area contributed by atoms with E-state index in [1.54, 1.807) is 6.92 Å². The molecule has 198 valence electrons. The van der Waals surface area contributed by atoms with E-state index in [1.165, 1.54) is 116 Å². The van der Waals surface area contributed by atoms with Gasteiger partial charge in [-0.1, -0.05) is 116 Å². The van der Waals surface area contributed by atoms with Crippen molar-refractivity contribution >= 4 is 12.1 Å².